The van der Waals surface area contributed by atoms with E-state index >= 15 is 0 Å². The van der Waals surface area contributed by atoms with Gasteiger partial charge in [0.15, 0.2) is 0 Å². The Kier molecular flexibility index (Phi) is 3.92. The molecule has 0 saturated carbocycles. The molecule has 2 aliphatic rings. The fraction of sp³-hybridized carbons (Fsp3) is 0.500. The smallest absolute Gasteiger partial charge is 0.320 e. The maximum absolute atomic E-state index is 12.2. The van der Waals surface area contributed by atoms with E-state index in [9.17, 15) is 9.59 Å². The third-order valence-corrected chi connectivity index (χ3v) is 4.36. The average Bonchev–Trinajstić information content (AvgIpc) is 2.86. The van der Waals surface area contributed by atoms with Crippen LogP contribution in [-0.2, 0) is 11.2 Å². The van der Waals surface area contributed by atoms with E-state index in [4.69, 9.17) is 5.11 Å². The second kappa shape index (κ2) is 5.85. The van der Waals surface area contributed by atoms with Crippen LogP contribution in [0.15, 0.2) is 24.3 Å². The van der Waals surface area contributed by atoms with Gasteiger partial charge in [0.2, 0.25) is 0 Å². The first kappa shape index (κ1) is 14.1. The van der Waals surface area contributed by atoms with Crippen molar-refractivity contribution >= 4 is 11.9 Å². The second-order valence-electron chi connectivity index (χ2n) is 5.95. The summed E-state index contributed by atoms with van der Waals surface area (Å²) in [5.74, 6) is -0.351. The summed E-state index contributed by atoms with van der Waals surface area (Å²) in [6.07, 6.45) is 2.56. The van der Waals surface area contributed by atoms with Crippen LogP contribution in [0.4, 0.5) is 0 Å². The number of nitrogens with zero attached hydrogens (tertiary/aromatic N) is 1. The van der Waals surface area contributed by atoms with E-state index in [1.165, 1.54) is 0 Å². The zero-order valence-electron chi connectivity index (χ0n) is 11.9. The summed E-state index contributed by atoms with van der Waals surface area (Å²) in [6, 6.07) is 7.31. The predicted octanol–water partition coefficient (Wildman–Crippen LogP) is 1.14. The molecule has 2 heterocycles. The molecular weight excluding hydrogens is 268 g/mol. The molecule has 21 heavy (non-hydrogen) atoms. The van der Waals surface area contributed by atoms with Crippen molar-refractivity contribution in [1.82, 2.24) is 10.2 Å². The Hall–Kier alpha value is -1.88. The number of carbonyl (C=O) groups is 2. The first-order chi connectivity index (χ1) is 10.1. The largest absolute Gasteiger partial charge is 0.480 e. The van der Waals surface area contributed by atoms with Gasteiger partial charge in [-0.2, -0.15) is 0 Å². The zero-order valence-corrected chi connectivity index (χ0v) is 11.9. The number of carbonyl (C=O) groups excluding carboxylic acids is 1. The average molecular weight is 288 g/mol. The van der Waals surface area contributed by atoms with Gasteiger partial charge in [0.1, 0.15) is 6.04 Å². The summed E-state index contributed by atoms with van der Waals surface area (Å²) in [4.78, 5) is 25.0. The van der Waals surface area contributed by atoms with E-state index in [2.05, 4.69) is 5.32 Å². The van der Waals surface area contributed by atoms with Crippen molar-refractivity contribution in [3.8, 4) is 0 Å². The van der Waals surface area contributed by atoms with Gasteiger partial charge in [0.25, 0.3) is 5.91 Å². The summed E-state index contributed by atoms with van der Waals surface area (Å²) in [5, 5.41) is 12.0. The molecule has 5 nitrogen and oxygen atoms in total. The normalized spacial score (nSPS) is 24.7. The third-order valence-electron chi connectivity index (χ3n) is 4.36. The van der Waals surface area contributed by atoms with Crippen molar-refractivity contribution in [2.75, 3.05) is 19.6 Å². The molecule has 0 spiro atoms. The highest BCUT2D eigenvalue weighted by Crippen LogP contribution is 2.21. The van der Waals surface area contributed by atoms with Crippen LogP contribution in [-0.4, -0.2) is 47.6 Å². The molecule has 2 atom stereocenters. The molecule has 2 fully saturated rings. The quantitative estimate of drug-likeness (QED) is 0.871. The van der Waals surface area contributed by atoms with Crippen molar-refractivity contribution in [2.24, 2.45) is 5.92 Å². The Bertz CT molecular complexity index is 554. The molecule has 0 aliphatic carbocycles. The molecule has 2 saturated heterocycles. The van der Waals surface area contributed by atoms with Crippen molar-refractivity contribution in [2.45, 2.75) is 25.3 Å². The summed E-state index contributed by atoms with van der Waals surface area (Å²) < 4.78 is 0. The lowest BCUT2D eigenvalue weighted by Crippen LogP contribution is -2.42. The van der Waals surface area contributed by atoms with E-state index in [1.807, 2.05) is 29.2 Å². The number of carboxylic acid groups (broad SMARTS) is 1. The highest BCUT2D eigenvalue weighted by atomic mass is 16.4. The van der Waals surface area contributed by atoms with E-state index in [1.54, 1.807) is 0 Å². The summed E-state index contributed by atoms with van der Waals surface area (Å²) in [7, 11) is 0. The molecule has 2 N–H and O–H groups in total. The summed E-state index contributed by atoms with van der Waals surface area (Å²) >= 11 is 0. The van der Waals surface area contributed by atoms with Gasteiger partial charge in [-0.25, -0.2) is 0 Å². The Labute approximate surface area is 123 Å². The lowest BCUT2D eigenvalue weighted by Gasteiger charge is -2.31. The fourth-order valence-corrected chi connectivity index (χ4v) is 3.02. The van der Waals surface area contributed by atoms with Gasteiger partial charge >= 0.3 is 5.97 Å². The SMILES string of the molecule is O=C(O)[C@@H]1CC(Cc2cccc(C(=O)N3CCC3)c2)CN1. The minimum Gasteiger partial charge on any atom is -0.480 e. The number of hydrogen-bond donors (Lipinski definition) is 2. The standard InChI is InChI=1S/C16H20N2O3/c19-15(18-5-2-6-18)13-4-1-3-11(8-13)7-12-9-14(16(20)21)17-10-12/h1,3-4,8,12,14,17H,2,5-7,9-10H2,(H,20,21)/t12?,14-/m0/s1. The minimum atomic E-state index is -0.779. The molecule has 0 radical (unpaired) electrons. The molecule has 0 aromatic heterocycles. The topological polar surface area (TPSA) is 69.6 Å². The van der Waals surface area contributed by atoms with E-state index in [0.29, 0.717) is 12.3 Å². The number of aliphatic carboxylic acids is 1. The number of benzene rings is 1. The molecule has 1 unspecified atom stereocenters. The van der Waals surface area contributed by atoms with E-state index in [0.717, 1.165) is 43.6 Å². The van der Waals surface area contributed by atoms with Gasteiger partial charge in [-0.15, -0.1) is 0 Å². The molecule has 1 aromatic carbocycles. The monoisotopic (exact) mass is 288 g/mol. The van der Waals surface area contributed by atoms with Gasteiger partial charge in [-0.1, -0.05) is 12.1 Å². The molecule has 112 valence electrons. The highest BCUT2D eigenvalue weighted by molar-refractivity contribution is 5.94. The minimum absolute atomic E-state index is 0.107. The van der Waals surface area contributed by atoms with Crippen molar-refractivity contribution < 1.29 is 14.7 Å². The highest BCUT2D eigenvalue weighted by Gasteiger charge is 2.29. The maximum atomic E-state index is 12.2. The number of likely N-dealkylation sites (tertiary alicyclic amines) is 1. The third kappa shape index (κ3) is 3.08. The van der Waals surface area contributed by atoms with Crippen LogP contribution in [0.1, 0.15) is 28.8 Å². The molecule has 1 amide bonds. The van der Waals surface area contributed by atoms with Crippen LogP contribution in [0.3, 0.4) is 0 Å². The molecule has 3 rings (SSSR count). The second-order valence-corrected chi connectivity index (χ2v) is 5.95. The van der Waals surface area contributed by atoms with Crippen LogP contribution < -0.4 is 5.32 Å². The van der Waals surface area contributed by atoms with Crippen molar-refractivity contribution in [3.63, 3.8) is 0 Å². The molecule has 5 heteroatoms. The number of hydrogen-bond acceptors (Lipinski definition) is 3. The Balaban J connectivity index is 1.63. The first-order valence-corrected chi connectivity index (χ1v) is 7.48. The van der Waals surface area contributed by atoms with Gasteiger partial charge in [-0.3, -0.25) is 9.59 Å². The first-order valence-electron chi connectivity index (χ1n) is 7.48. The zero-order chi connectivity index (χ0) is 14.8. The number of nitrogens with one attached hydrogen (secondary N) is 1. The van der Waals surface area contributed by atoms with Gasteiger partial charge < -0.3 is 15.3 Å². The van der Waals surface area contributed by atoms with Crippen LogP contribution in [0, 0.1) is 5.92 Å². The molecule has 1 aromatic rings. The molecule has 2 aliphatic heterocycles. The number of rotatable bonds is 4. The Morgan fingerprint density at radius 2 is 2.14 bits per heavy atom. The van der Waals surface area contributed by atoms with Gasteiger partial charge in [0.05, 0.1) is 0 Å². The van der Waals surface area contributed by atoms with Crippen LogP contribution >= 0.6 is 0 Å². The van der Waals surface area contributed by atoms with Crippen LogP contribution in [0.5, 0.6) is 0 Å². The van der Waals surface area contributed by atoms with E-state index < -0.39 is 12.0 Å². The lowest BCUT2D eigenvalue weighted by atomic mass is 9.95. The Morgan fingerprint density at radius 1 is 1.33 bits per heavy atom. The summed E-state index contributed by atoms with van der Waals surface area (Å²) in [6.45, 7) is 2.44. The van der Waals surface area contributed by atoms with Crippen LogP contribution in [0.25, 0.3) is 0 Å². The van der Waals surface area contributed by atoms with Gasteiger partial charge in [0, 0.05) is 18.7 Å². The maximum Gasteiger partial charge on any atom is 0.320 e. The lowest BCUT2D eigenvalue weighted by molar-refractivity contribution is -0.139. The van der Waals surface area contributed by atoms with E-state index in [-0.39, 0.29) is 5.91 Å². The Morgan fingerprint density at radius 3 is 2.76 bits per heavy atom. The van der Waals surface area contributed by atoms with Crippen LogP contribution in [0.2, 0.25) is 0 Å². The summed E-state index contributed by atoms with van der Waals surface area (Å²) in [5.41, 5.74) is 1.85. The molecular formula is C16H20N2O3. The number of carboxylic acids is 1. The predicted molar refractivity (Wildman–Crippen MR) is 78.2 cm³/mol. The van der Waals surface area contributed by atoms with Crippen molar-refractivity contribution in [3.05, 3.63) is 35.4 Å². The van der Waals surface area contributed by atoms with Crippen molar-refractivity contribution in [1.29, 1.82) is 0 Å². The fourth-order valence-electron chi connectivity index (χ4n) is 3.02. The number of amides is 1. The van der Waals surface area contributed by atoms with Gasteiger partial charge in [-0.05, 0) is 49.4 Å². The molecule has 0 bridgehead atoms.